The van der Waals surface area contributed by atoms with Crippen LogP contribution in [0.4, 0.5) is 5.69 Å². The molecule has 0 heterocycles. The Balaban J connectivity index is 1.79. The SMILES string of the molecule is Nc1ccc(SCOCc2ccccc2)c(Cl)c1. The summed E-state index contributed by atoms with van der Waals surface area (Å²) in [5.74, 6) is 0.568. The van der Waals surface area contributed by atoms with Crippen molar-refractivity contribution in [3.63, 3.8) is 0 Å². The fraction of sp³-hybridized carbons (Fsp3) is 0.143. The Labute approximate surface area is 116 Å². The third kappa shape index (κ3) is 3.95. The van der Waals surface area contributed by atoms with Crippen LogP contribution in [0.2, 0.25) is 5.02 Å². The van der Waals surface area contributed by atoms with Gasteiger partial charge in [0.15, 0.2) is 0 Å². The van der Waals surface area contributed by atoms with E-state index < -0.39 is 0 Å². The van der Waals surface area contributed by atoms with E-state index in [4.69, 9.17) is 22.1 Å². The second-order valence-corrected chi connectivity index (χ2v) is 5.16. The summed E-state index contributed by atoms with van der Waals surface area (Å²) in [6, 6.07) is 15.6. The first-order chi connectivity index (χ1) is 8.75. The smallest absolute Gasteiger partial charge is 0.0972 e. The number of thioether (sulfide) groups is 1. The molecule has 0 fully saturated rings. The predicted molar refractivity (Wildman–Crippen MR) is 77.8 cm³/mol. The van der Waals surface area contributed by atoms with Crippen LogP contribution in [-0.4, -0.2) is 5.94 Å². The average Bonchev–Trinajstić information content (AvgIpc) is 2.38. The van der Waals surface area contributed by atoms with Gasteiger partial charge in [-0.25, -0.2) is 0 Å². The molecule has 0 amide bonds. The van der Waals surface area contributed by atoms with Crippen molar-refractivity contribution < 1.29 is 4.74 Å². The van der Waals surface area contributed by atoms with Crippen LogP contribution < -0.4 is 5.73 Å². The molecular formula is C14H14ClNOS. The molecule has 0 unspecified atom stereocenters. The van der Waals surface area contributed by atoms with Gasteiger partial charge >= 0.3 is 0 Å². The minimum Gasteiger partial charge on any atom is -0.399 e. The van der Waals surface area contributed by atoms with Gasteiger partial charge in [-0.15, -0.1) is 0 Å². The molecule has 2 aromatic rings. The number of rotatable bonds is 5. The van der Waals surface area contributed by atoms with Crippen molar-refractivity contribution in [3.05, 3.63) is 59.1 Å². The highest BCUT2D eigenvalue weighted by atomic mass is 35.5. The molecule has 0 aliphatic rings. The molecule has 2 N–H and O–H groups in total. The Morgan fingerprint density at radius 2 is 1.89 bits per heavy atom. The summed E-state index contributed by atoms with van der Waals surface area (Å²) < 4.78 is 5.58. The Morgan fingerprint density at radius 1 is 1.11 bits per heavy atom. The number of anilines is 1. The van der Waals surface area contributed by atoms with Crippen LogP contribution in [0.5, 0.6) is 0 Å². The van der Waals surface area contributed by atoms with Crippen LogP contribution in [0.15, 0.2) is 53.4 Å². The molecule has 0 atom stereocenters. The Morgan fingerprint density at radius 3 is 2.61 bits per heavy atom. The van der Waals surface area contributed by atoms with Gasteiger partial charge in [0.1, 0.15) is 0 Å². The molecular weight excluding hydrogens is 266 g/mol. The lowest BCUT2D eigenvalue weighted by Crippen LogP contribution is -1.92. The molecule has 0 radical (unpaired) electrons. The fourth-order valence-corrected chi connectivity index (χ4v) is 2.48. The summed E-state index contributed by atoms with van der Waals surface area (Å²) in [5.41, 5.74) is 7.48. The number of halogens is 1. The molecule has 2 rings (SSSR count). The first kappa shape index (κ1) is 13.3. The summed E-state index contributed by atoms with van der Waals surface area (Å²) in [6.07, 6.45) is 0. The zero-order valence-corrected chi connectivity index (χ0v) is 11.4. The minimum atomic E-state index is 0.568. The van der Waals surface area contributed by atoms with Crippen LogP contribution in [-0.2, 0) is 11.3 Å². The summed E-state index contributed by atoms with van der Waals surface area (Å²) in [7, 11) is 0. The van der Waals surface area contributed by atoms with Crippen LogP contribution in [0, 0.1) is 0 Å². The lowest BCUT2D eigenvalue weighted by atomic mass is 10.2. The fourth-order valence-electron chi connectivity index (χ4n) is 1.47. The molecule has 0 bridgehead atoms. The average molecular weight is 280 g/mol. The Bertz CT molecular complexity index is 504. The van der Waals surface area contributed by atoms with E-state index in [1.807, 2.05) is 42.5 Å². The molecule has 94 valence electrons. The van der Waals surface area contributed by atoms with Crippen molar-refractivity contribution in [1.29, 1.82) is 0 Å². The zero-order chi connectivity index (χ0) is 12.8. The lowest BCUT2D eigenvalue weighted by molar-refractivity contribution is 0.169. The van der Waals surface area contributed by atoms with E-state index in [9.17, 15) is 0 Å². The van der Waals surface area contributed by atoms with E-state index in [-0.39, 0.29) is 0 Å². The maximum atomic E-state index is 6.07. The molecule has 2 nitrogen and oxygen atoms in total. The van der Waals surface area contributed by atoms with Crippen molar-refractivity contribution in [3.8, 4) is 0 Å². The molecule has 0 aromatic heterocycles. The molecule has 0 saturated heterocycles. The molecule has 0 saturated carbocycles. The monoisotopic (exact) mass is 279 g/mol. The first-order valence-corrected chi connectivity index (χ1v) is 6.91. The van der Waals surface area contributed by atoms with Crippen molar-refractivity contribution >= 4 is 29.1 Å². The minimum absolute atomic E-state index is 0.568. The molecule has 0 aliphatic heterocycles. The second-order valence-electron chi connectivity index (χ2n) is 3.79. The van der Waals surface area contributed by atoms with E-state index in [0.29, 0.717) is 23.3 Å². The van der Waals surface area contributed by atoms with E-state index >= 15 is 0 Å². The van der Waals surface area contributed by atoms with Crippen molar-refractivity contribution in [2.24, 2.45) is 0 Å². The van der Waals surface area contributed by atoms with Crippen LogP contribution in [0.1, 0.15) is 5.56 Å². The number of hydrogen-bond donors (Lipinski definition) is 1. The molecule has 0 aliphatic carbocycles. The van der Waals surface area contributed by atoms with Crippen LogP contribution >= 0.6 is 23.4 Å². The number of nitrogen functional groups attached to an aromatic ring is 1. The van der Waals surface area contributed by atoms with Gasteiger partial charge in [0.2, 0.25) is 0 Å². The molecule has 4 heteroatoms. The number of nitrogens with two attached hydrogens (primary N) is 1. The maximum Gasteiger partial charge on any atom is 0.0972 e. The van der Waals surface area contributed by atoms with Gasteiger partial charge < -0.3 is 10.5 Å². The molecule has 0 spiro atoms. The summed E-state index contributed by atoms with van der Waals surface area (Å²) in [5, 5.41) is 0.670. The highest BCUT2D eigenvalue weighted by molar-refractivity contribution is 7.99. The summed E-state index contributed by atoms with van der Waals surface area (Å²) in [4.78, 5) is 0.985. The van der Waals surface area contributed by atoms with Crippen molar-refractivity contribution in [2.75, 3.05) is 11.7 Å². The van der Waals surface area contributed by atoms with Gasteiger partial charge in [0.25, 0.3) is 0 Å². The summed E-state index contributed by atoms with van der Waals surface area (Å²) in [6.45, 7) is 0.612. The third-order valence-electron chi connectivity index (χ3n) is 2.37. The van der Waals surface area contributed by atoms with Gasteiger partial charge in [-0.1, -0.05) is 53.7 Å². The number of hydrogen-bond acceptors (Lipinski definition) is 3. The van der Waals surface area contributed by atoms with Crippen LogP contribution in [0.3, 0.4) is 0 Å². The normalized spacial score (nSPS) is 10.5. The van der Waals surface area contributed by atoms with Gasteiger partial charge in [-0.2, -0.15) is 0 Å². The number of benzene rings is 2. The van der Waals surface area contributed by atoms with Gasteiger partial charge in [-0.3, -0.25) is 0 Å². The quantitative estimate of drug-likeness (QED) is 0.386. The molecule has 18 heavy (non-hydrogen) atoms. The Hall–Kier alpha value is -1.16. The number of ether oxygens (including phenoxy) is 1. The highest BCUT2D eigenvalue weighted by Crippen LogP contribution is 2.28. The van der Waals surface area contributed by atoms with E-state index in [0.717, 1.165) is 4.90 Å². The zero-order valence-electron chi connectivity index (χ0n) is 9.80. The van der Waals surface area contributed by atoms with Crippen molar-refractivity contribution in [1.82, 2.24) is 0 Å². The largest absolute Gasteiger partial charge is 0.399 e. The van der Waals surface area contributed by atoms with Crippen LogP contribution in [0.25, 0.3) is 0 Å². The molecule has 2 aromatic carbocycles. The Kier molecular flexibility index (Phi) is 4.93. The highest BCUT2D eigenvalue weighted by Gasteiger charge is 2.01. The van der Waals surface area contributed by atoms with E-state index in [1.165, 1.54) is 5.56 Å². The summed E-state index contributed by atoms with van der Waals surface area (Å²) >= 11 is 7.63. The van der Waals surface area contributed by atoms with Crippen molar-refractivity contribution in [2.45, 2.75) is 11.5 Å². The standard InChI is InChI=1S/C14H14ClNOS/c15-13-8-12(16)6-7-14(13)18-10-17-9-11-4-2-1-3-5-11/h1-8H,9-10,16H2. The van der Waals surface area contributed by atoms with E-state index in [2.05, 4.69) is 0 Å². The predicted octanol–water partition coefficient (Wildman–Crippen LogP) is 4.19. The lowest BCUT2D eigenvalue weighted by Gasteiger charge is -2.06. The first-order valence-electron chi connectivity index (χ1n) is 5.55. The van der Waals surface area contributed by atoms with Gasteiger partial charge in [0, 0.05) is 10.6 Å². The maximum absolute atomic E-state index is 6.07. The van der Waals surface area contributed by atoms with Gasteiger partial charge in [0.05, 0.1) is 17.6 Å². The van der Waals surface area contributed by atoms with E-state index in [1.54, 1.807) is 17.8 Å². The topological polar surface area (TPSA) is 35.2 Å². The second kappa shape index (κ2) is 6.69. The third-order valence-corrected chi connectivity index (χ3v) is 3.74. The van der Waals surface area contributed by atoms with Gasteiger partial charge in [-0.05, 0) is 23.8 Å².